The van der Waals surface area contributed by atoms with E-state index in [1.807, 2.05) is 43.1 Å². The molecule has 1 saturated heterocycles. The zero-order valence-corrected chi connectivity index (χ0v) is 16.2. The summed E-state index contributed by atoms with van der Waals surface area (Å²) < 4.78 is 0. The highest BCUT2D eigenvalue weighted by molar-refractivity contribution is 6.31. The molecule has 0 aromatic heterocycles. The van der Waals surface area contributed by atoms with E-state index in [-0.39, 0.29) is 24.5 Å². The van der Waals surface area contributed by atoms with Crippen LogP contribution < -0.4 is 5.32 Å². The standard InChI is InChI=1S/C19H28ClN3O3/c1-14(16-7-3-4-8-17(16)20)21-18(24)12-23-10-5-6-15(9-11-23)22(2)13-19(25)26/h3-4,7-8,14-15H,5-6,9-13H2,1-2H3,(H,21,24)(H,25,26). The van der Waals surface area contributed by atoms with Crippen LogP contribution >= 0.6 is 11.6 Å². The zero-order valence-electron chi connectivity index (χ0n) is 15.4. The first-order chi connectivity index (χ1) is 12.4. The Morgan fingerprint density at radius 1 is 1.35 bits per heavy atom. The van der Waals surface area contributed by atoms with Crippen LogP contribution in [0.5, 0.6) is 0 Å². The highest BCUT2D eigenvalue weighted by Crippen LogP contribution is 2.22. The normalized spacial score (nSPS) is 19.8. The maximum absolute atomic E-state index is 12.4. The number of carbonyl (C=O) groups is 2. The quantitative estimate of drug-likeness (QED) is 0.758. The number of benzene rings is 1. The second-order valence-electron chi connectivity index (χ2n) is 6.98. The number of aliphatic carboxylic acids is 1. The highest BCUT2D eigenvalue weighted by atomic mass is 35.5. The maximum Gasteiger partial charge on any atom is 0.317 e. The fourth-order valence-corrected chi connectivity index (χ4v) is 3.77. The van der Waals surface area contributed by atoms with Gasteiger partial charge in [0.15, 0.2) is 0 Å². The molecule has 7 heteroatoms. The summed E-state index contributed by atoms with van der Waals surface area (Å²) in [6, 6.07) is 7.63. The van der Waals surface area contributed by atoms with E-state index >= 15 is 0 Å². The molecule has 0 aliphatic carbocycles. The van der Waals surface area contributed by atoms with Crippen molar-refractivity contribution in [3.8, 4) is 0 Å². The lowest BCUT2D eigenvalue weighted by Crippen LogP contribution is -2.40. The Labute approximate surface area is 160 Å². The van der Waals surface area contributed by atoms with E-state index in [2.05, 4.69) is 10.2 Å². The van der Waals surface area contributed by atoms with Crippen molar-refractivity contribution >= 4 is 23.5 Å². The van der Waals surface area contributed by atoms with Gasteiger partial charge in [-0.05, 0) is 51.4 Å². The van der Waals surface area contributed by atoms with Gasteiger partial charge in [-0.25, -0.2) is 0 Å². The summed E-state index contributed by atoms with van der Waals surface area (Å²) in [5.74, 6) is -0.823. The van der Waals surface area contributed by atoms with Gasteiger partial charge in [0.1, 0.15) is 0 Å². The molecule has 0 spiro atoms. The molecule has 0 bridgehead atoms. The van der Waals surface area contributed by atoms with E-state index in [0.717, 1.165) is 37.9 Å². The van der Waals surface area contributed by atoms with Gasteiger partial charge in [0.05, 0.1) is 19.1 Å². The lowest BCUT2D eigenvalue weighted by Gasteiger charge is -2.25. The van der Waals surface area contributed by atoms with Gasteiger partial charge in [0.25, 0.3) is 0 Å². The molecule has 0 saturated carbocycles. The van der Waals surface area contributed by atoms with Gasteiger partial charge < -0.3 is 10.4 Å². The summed E-state index contributed by atoms with van der Waals surface area (Å²) in [7, 11) is 1.85. The molecule has 6 nitrogen and oxygen atoms in total. The molecule has 2 N–H and O–H groups in total. The minimum absolute atomic E-state index is 0.0187. The number of nitrogens with zero attached hydrogens (tertiary/aromatic N) is 2. The van der Waals surface area contributed by atoms with E-state index in [0.29, 0.717) is 11.6 Å². The lowest BCUT2D eigenvalue weighted by atomic mass is 10.1. The van der Waals surface area contributed by atoms with Gasteiger partial charge in [-0.2, -0.15) is 0 Å². The van der Waals surface area contributed by atoms with Crippen molar-refractivity contribution < 1.29 is 14.7 Å². The van der Waals surface area contributed by atoms with Gasteiger partial charge in [0, 0.05) is 17.6 Å². The highest BCUT2D eigenvalue weighted by Gasteiger charge is 2.23. The van der Waals surface area contributed by atoms with Crippen LogP contribution in [0, 0.1) is 0 Å². The average molecular weight is 382 g/mol. The molecule has 1 aliphatic heterocycles. The topological polar surface area (TPSA) is 72.9 Å². The second-order valence-corrected chi connectivity index (χ2v) is 7.39. The lowest BCUT2D eigenvalue weighted by molar-refractivity contribution is -0.138. The van der Waals surface area contributed by atoms with Crippen LogP contribution in [-0.4, -0.2) is 66.1 Å². The van der Waals surface area contributed by atoms with Crippen LogP contribution in [0.4, 0.5) is 0 Å². The monoisotopic (exact) mass is 381 g/mol. The smallest absolute Gasteiger partial charge is 0.317 e. The van der Waals surface area contributed by atoms with Gasteiger partial charge in [-0.15, -0.1) is 0 Å². The Hall–Kier alpha value is -1.63. The number of likely N-dealkylation sites (N-methyl/N-ethyl adjacent to an activating group) is 1. The van der Waals surface area contributed by atoms with Crippen molar-refractivity contribution in [3.05, 3.63) is 34.9 Å². The molecule has 1 aromatic carbocycles. The summed E-state index contributed by atoms with van der Waals surface area (Å²) in [4.78, 5) is 27.3. The van der Waals surface area contributed by atoms with E-state index < -0.39 is 5.97 Å². The van der Waals surface area contributed by atoms with Crippen LogP contribution in [0.15, 0.2) is 24.3 Å². The molecule has 26 heavy (non-hydrogen) atoms. The number of rotatable bonds is 7. The van der Waals surface area contributed by atoms with E-state index in [9.17, 15) is 9.59 Å². The number of carboxylic acid groups (broad SMARTS) is 1. The number of hydrogen-bond donors (Lipinski definition) is 2. The molecule has 1 aliphatic rings. The molecule has 1 heterocycles. The van der Waals surface area contributed by atoms with E-state index in [1.54, 1.807) is 0 Å². The Kier molecular flexibility index (Phi) is 7.87. The molecule has 2 rings (SSSR count). The predicted molar refractivity (Wildman–Crippen MR) is 102 cm³/mol. The van der Waals surface area contributed by atoms with Crippen LogP contribution in [0.3, 0.4) is 0 Å². The Morgan fingerprint density at radius 2 is 2.08 bits per heavy atom. The van der Waals surface area contributed by atoms with Crippen LogP contribution in [-0.2, 0) is 9.59 Å². The molecule has 1 fully saturated rings. The second kappa shape index (κ2) is 9.90. The van der Waals surface area contributed by atoms with Gasteiger partial charge in [0.2, 0.25) is 5.91 Å². The molecular weight excluding hydrogens is 354 g/mol. The van der Waals surface area contributed by atoms with Crippen molar-refractivity contribution in [1.82, 2.24) is 15.1 Å². The van der Waals surface area contributed by atoms with Crippen LogP contribution in [0.2, 0.25) is 5.02 Å². The zero-order chi connectivity index (χ0) is 19.1. The molecule has 0 radical (unpaired) electrons. The number of amides is 1. The molecular formula is C19H28ClN3O3. The number of carboxylic acids is 1. The first-order valence-electron chi connectivity index (χ1n) is 9.05. The summed E-state index contributed by atoms with van der Waals surface area (Å²) in [5.41, 5.74) is 0.911. The molecule has 2 unspecified atom stereocenters. The number of hydrogen-bond acceptors (Lipinski definition) is 4. The largest absolute Gasteiger partial charge is 0.480 e. The number of likely N-dealkylation sites (tertiary alicyclic amines) is 1. The van der Waals surface area contributed by atoms with Gasteiger partial charge >= 0.3 is 5.97 Å². The average Bonchev–Trinajstić information content (AvgIpc) is 2.80. The fourth-order valence-electron chi connectivity index (χ4n) is 3.47. The predicted octanol–water partition coefficient (Wildman–Crippen LogP) is 2.39. The fraction of sp³-hybridized carbons (Fsp3) is 0.579. The minimum atomic E-state index is -0.804. The molecule has 1 aromatic rings. The van der Waals surface area contributed by atoms with Crippen LogP contribution in [0.25, 0.3) is 0 Å². The summed E-state index contributed by atoms with van der Waals surface area (Å²) in [6.07, 6.45) is 2.79. The number of nitrogens with one attached hydrogen (secondary N) is 1. The maximum atomic E-state index is 12.4. The SMILES string of the molecule is CC(NC(=O)CN1CCCC(N(C)CC(=O)O)CC1)c1ccccc1Cl. The third-order valence-corrected chi connectivity index (χ3v) is 5.26. The Balaban J connectivity index is 1.82. The third-order valence-electron chi connectivity index (χ3n) is 4.91. The van der Waals surface area contributed by atoms with Crippen molar-refractivity contribution in [2.45, 2.75) is 38.3 Å². The Morgan fingerprint density at radius 3 is 2.77 bits per heavy atom. The van der Waals surface area contributed by atoms with Gasteiger partial charge in [-0.3, -0.25) is 19.4 Å². The third kappa shape index (κ3) is 6.27. The molecule has 2 atom stereocenters. The summed E-state index contributed by atoms with van der Waals surface area (Å²) in [5, 5.41) is 12.6. The van der Waals surface area contributed by atoms with Crippen molar-refractivity contribution in [2.24, 2.45) is 0 Å². The minimum Gasteiger partial charge on any atom is -0.480 e. The molecule has 144 valence electrons. The number of carbonyl (C=O) groups excluding carboxylic acids is 1. The van der Waals surface area contributed by atoms with Gasteiger partial charge in [-0.1, -0.05) is 29.8 Å². The van der Waals surface area contributed by atoms with Crippen molar-refractivity contribution in [3.63, 3.8) is 0 Å². The summed E-state index contributed by atoms with van der Waals surface area (Å²) >= 11 is 6.19. The van der Waals surface area contributed by atoms with E-state index in [1.165, 1.54) is 0 Å². The van der Waals surface area contributed by atoms with Crippen molar-refractivity contribution in [2.75, 3.05) is 33.2 Å². The number of halogens is 1. The first-order valence-corrected chi connectivity index (χ1v) is 9.42. The first kappa shape index (κ1) is 20.7. The van der Waals surface area contributed by atoms with Crippen LogP contribution in [0.1, 0.15) is 37.8 Å². The van der Waals surface area contributed by atoms with E-state index in [4.69, 9.17) is 16.7 Å². The Bertz CT molecular complexity index is 626. The van der Waals surface area contributed by atoms with Crippen molar-refractivity contribution in [1.29, 1.82) is 0 Å². The summed E-state index contributed by atoms with van der Waals surface area (Å²) in [6.45, 7) is 3.98. The molecule has 1 amide bonds.